The summed E-state index contributed by atoms with van der Waals surface area (Å²) in [5.41, 5.74) is 2.37. The van der Waals surface area contributed by atoms with Crippen molar-refractivity contribution in [2.45, 2.75) is 13.3 Å². The lowest BCUT2D eigenvalue weighted by Gasteiger charge is -2.15. The Kier molecular flexibility index (Phi) is 2.67. The van der Waals surface area contributed by atoms with Gasteiger partial charge in [-0.05, 0) is 18.2 Å². The van der Waals surface area contributed by atoms with E-state index in [0.717, 1.165) is 11.3 Å². The molecule has 1 unspecified atom stereocenters. The van der Waals surface area contributed by atoms with Gasteiger partial charge in [0.2, 0.25) is 11.8 Å². The molecular weight excluding hydrogens is 242 g/mol. The Morgan fingerprint density at radius 2 is 2.16 bits per heavy atom. The van der Waals surface area contributed by atoms with Gasteiger partial charge in [0, 0.05) is 24.1 Å². The number of aromatic amines is 1. The third-order valence-electron chi connectivity index (χ3n) is 3.29. The molecular formula is C14H13N3O2. The zero-order valence-corrected chi connectivity index (χ0v) is 10.5. The third-order valence-corrected chi connectivity index (χ3v) is 3.29. The largest absolute Gasteiger partial charge is 0.278 e. The van der Waals surface area contributed by atoms with Crippen molar-refractivity contribution in [2.24, 2.45) is 5.92 Å². The van der Waals surface area contributed by atoms with Gasteiger partial charge in [-0.2, -0.15) is 5.10 Å². The van der Waals surface area contributed by atoms with Crippen LogP contribution < -0.4 is 4.90 Å². The van der Waals surface area contributed by atoms with E-state index in [1.165, 1.54) is 4.90 Å². The molecule has 2 aromatic rings. The van der Waals surface area contributed by atoms with Crippen LogP contribution in [0.15, 0.2) is 36.5 Å². The number of carbonyl (C=O) groups is 2. The summed E-state index contributed by atoms with van der Waals surface area (Å²) in [6, 6.07) is 9.17. The number of nitrogens with zero attached hydrogens (tertiary/aromatic N) is 2. The van der Waals surface area contributed by atoms with Crippen molar-refractivity contribution >= 4 is 17.5 Å². The Morgan fingerprint density at radius 1 is 1.32 bits per heavy atom. The molecule has 1 N–H and O–H groups in total. The Balaban J connectivity index is 2.00. The van der Waals surface area contributed by atoms with E-state index in [0.29, 0.717) is 5.69 Å². The molecule has 0 aliphatic carbocycles. The summed E-state index contributed by atoms with van der Waals surface area (Å²) in [7, 11) is 0. The van der Waals surface area contributed by atoms with E-state index < -0.39 is 0 Å². The number of hydrogen-bond acceptors (Lipinski definition) is 3. The van der Waals surface area contributed by atoms with E-state index in [9.17, 15) is 9.59 Å². The fourth-order valence-corrected chi connectivity index (χ4v) is 2.28. The molecule has 0 saturated carbocycles. The van der Waals surface area contributed by atoms with Gasteiger partial charge in [-0.25, -0.2) is 0 Å². The second kappa shape index (κ2) is 4.35. The first kappa shape index (κ1) is 11.6. The van der Waals surface area contributed by atoms with Crippen LogP contribution in [0.4, 0.5) is 5.69 Å². The number of rotatable bonds is 2. The van der Waals surface area contributed by atoms with E-state index in [4.69, 9.17) is 0 Å². The van der Waals surface area contributed by atoms with Crippen LogP contribution in [0.2, 0.25) is 0 Å². The number of imide groups is 1. The maximum atomic E-state index is 12.0. The molecule has 5 heteroatoms. The molecule has 19 heavy (non-hydrogen) atoms. The Labute approximate surface area is 110 Å². The molecule has 1 aliphatic rings. The normalized spacial score (nSPS) is 19.2. The monoisotopic (exact) mass is 255 g/mol. The topological polar surface area (TPSA) is 66.1 Å². The fraction of sp³-hybridized carbons (Fsp3) is 0.214. The van der Waals surface area contributed by atoms with Gasteiger partial charge in [-0.3, -0.25) is 19.6 Å². The summed E-state index contributed by atoms with van der Waals surface area (Å²) in [5, 5.41) is 6.76. The highest BCUT2D eigenvalue weighted by Gasteiger charge is 2.36. The van der Waals surface area contributed by atoms with E-state index in [-0.39, 0.29) is 24.2 Å². The summed E-state index contributed by atoms with van der Waals surface area (Å²) in [5.74, 6) is -0.505. The van der Waals surface area contributed by atoms with Gasteiger partial charge in [0.15, 0.2) is 0 Å². The summed E-state index contributed by atoms with van der Waals surface area (Å²) < 4.78 is 0. The van der Waals surface area contributed by atoms with E-state index in [1.807, 2.05) is 24.3 Å². The van der Waals surface area contributed by atoms with E-state index >= 15 is 0 Å². The second-order valence-electron chi connectivity index (χ2n) is 4.69. The number of hydrogen-bond donors (Lipinski definition) is 1. The summed E-state index contributed by atoms with van der Waals surface area (Å²) in [6.45, 7) is 1.78. The highest BCUT2D eigenvalue weighted by atomic mass is 16.2. The molecule has 96 valence electrons. The van der Waals surface area contributed by atoms with Gasteiger partial charge >= 0.3 is 0 Å². The average molecular weight is 255 g/mol. The molecule has 1 aromatic heterocycles. The predicted molar refractivity (Wildman–Crippen MR) is 70.3 cm³/mol. The standard InChI is InChI=1S/C14H13N3O2/c1-9-7-13(18)17(14(9)19)11-4-2-3-10(8-11)12-5-6-15-16-12/h2-6,8-9H,7H2,1H3,(H,15,16). The van der Waals surface area contributed by atoms with Crippen LogP contribution in [0.1, 0.15) is 13.3 Å². The summed E-state index contributed by atoms with van der Waals surface area (Å²) >= 11 is 0. The number of amides is 2. The molecule has 2 heterocycles. The van der Waals surface area contributed by atoms with Gasteiger partial charge in [0.25, 0.3) is 0 Å². The van der Waals surface area contributed by atoms with Gasteiger partial charge in [0.05, 0.1) is 11.4 Å². The van der Waals surface area contributed by atoms with E-state index in [1.54, 1.807) is 19.2 Å². The molecule has 1 saturated heterocycles. The first-order valence-corrected chi connectivity index (χ1v) is 6.13. The van der Waals surface area contributed by atoms with Crippen LogP contribution in [-0.2, 0) is 9.59 Å². The third kappa shape index (κ3) is 1.93. The predicted octanol–water partition coefficient (Wildman–Crippen LogP) is 1.98. The number of nitrogens with one attached hydrogen (secondary N) is 1. The van der Waals surface area contributed by atoms with Crippen molar-refractivity contribution in [3.8, 4) is 11.3 Å². The smallest absolute Gasteiger partial charge is 0.237 e. The molecule has 0 radical (unpaired) electrons. The highest BCUT2D eigenvalue weighted by molar-refractivity contribution is 6.20. The molecule has 0 spiro atoms. The van der Waals surface area contributed by atoms with Crippen LogP contribution in [0.25, 0.3) is 11.3 Å². The minimum Gasteiger partial charge on any atom is -0.278 e. The zero-order valence-electron chi connectivity index (χ0n) is 10.5. The van der Waals surface area contributed by atoms with Gasteiger partial charge < -0.3 is 0 Å². The van der Waals surface area contributed by atoms with Crippen molar-refractivity contribution in [3.63, 3.8) is 0 Å². The van der Waals surface area contributed by atoms with Crippen LogP contribution >= 0.6 is 0 Å². The number of H-pyrrole nitrogens is 1. The number of aromatic nitrogens is 2. The van der Waals surface area contributed by atoms with Gasteiger partial charge in [0.1, 0.15) is 0 Å². The maximum Gasteiger partial charge on any atom is 0.237 e. The minimum absolute atomic E-state index is 0.133. The first-order valence-electron chi connectivity index (χ1n) is 6.13. The van der Waals surface area contributed by atoms with Crippen molar-refractivity contribution < 1.29 is 9.59 Å². The van der Waals surface area contributed by atoms with Gasteiger partial charge in [-0.1, -0.05) is 19.1 Å². The number of benzene rings is 1. The van der Waals surface area contributed by atoms with Crippen LogP contribution in [-0.4, -0.2) is 22.0 Å². The van der Waals surface area contributed by atoms with Crippen molar-refractivity contribution in [2.75, 3.05) is 4.90 Å². The second-order valence-corrected chi connectivity index (χ2v) is 4.69. The molecule has 1 atom stereocenters. The van der Waals surface area contributed by atoms with Crippen LogP contribution in [0, 0.1) is 5.92 Å². The van der Waals surface area contributed by atoms with Crippen molar-refractivity contribution in [1.29, 1.82) is 0 Å². The molecule has 1 aliphatic heterocycles. The van der Waals surface area contributed by atoms with Gasteiger partial charge in [-0.15, -0.1) is 0 Å². The van der Waals surface area contributed by atoms with Crippen LogP contribution in [0.5, 0.6) is 0 Å². The average Bonchev–Trinajstić information content (AvgIpc) is 3.00. The lowest BCUT2D eigenvalue weighted by atomic mass is 10.1. The Hall–Kier alpha value is -2.43. The maximum absolute atomic E-state index is 12.0. The molecule has 0 bridgehead atoms. The highest BCUT2D eigenvalue weighted by Crippen LogP contribution is 2.29. The molecule has 1 aromatic carbocycles. The quantitative estimate of drug-likeness (QED) is 0.834. The molecule has 3 rings (SSSR count). The van der Waals surface area contributed by atoms with Crippen molar-refractivity contribution in [3.05, 3.63) is 36.5 Å². The minimum atomic E-state index is -0.233. The molecule has 5 nitrogen and oxygen atoms in total. The summed E-state index contributed by atoms with van der Waals surface area (Å²) in [4.78, 5) is 25.1. The first-order chi connectivity index (χ1) is 9.16. The van der Waals surface area contributed by atoms with Crippen molar-refractivity contribution in [1.82, 2.24) is 10.2 Å². The number of carbonyl (C=O) groups excluding carboxylic acids is 2. The SMILES string of the molecule is CC1CC(=O)N(c2cccc(-c3ccn[nH]3)c2)C1=O. The van der Waals surface area contributed by atoms with E-state index in [2.05, 4.69) is 10.2 Å². The molecule has 1 fully saturated rings. The number of anilines is 1. The summed E-state index contributed by atoms with van der Waals surface area (Å²) in [6.07, 6.45) is 1.95. The Bertz CT molecular complexity index is 634. The lowest BCUT2D eigenvalue weighted by Crippen LogP contribution is -2.29. The fourth-order valence-electron chi connectivity index (χ4n) is 2.28. The lowest BCUT2D eigenvalue weighted by molar-refractivity contribution is -0.122. The van der Waals surface area contributed by atoms with Crippen LogP contribution in [0.3, 0.4) is 0 Å². The molecule has 2 amide bonds. The zero-order chi connectivity index (χ0) is 13.4. The Morgan fingerprint density at radius 3 is 2.79 bits per heavy atom.